The second-order valence-corrected chi connectivity index (χ2v) is 5.64. The molecule has 6 heteroatoms. The van der Waals surface area contributed by atoms with E-state index in [1.165, 1.54) is 0 Å². The smallest absolute Gasteiger partial charge is 0.325 e. The van der Waals surface area contributed by atoms with E-state index in [4.69, 9.17) is 10.7 Å². The molecule has 0 aromatic carbocycles. The second kappa shape index (κ2) is 4.81. The van der Waals surface area contributed by atoms with Crippen molar-refractivity contribution in [2.75, 3.05) is 6.61 Å². The van der Waals surface area contributed by atoms with Crippen molar-refractivity contribution in [2.24, 2.45) is 5.92 Å². The second-order valence-electron chi connectivity index (χ2n) is 2.89. The molecule has 0 aliphatic carbocycles. The zero-order valence-electron chi connectivity index (χ0n) is 7.78. The fourth-order valence-corrected chi connectivity index (χ4v) is 2.72. The number of carbonyl (C=O) groups excluding carboxylic acids is 1. The fraction of sp³-hybridized carbons (Fsp3) is 0.857. The van der Waals surface area contributed by atoms with Crippen LogP contribution in [-0.2, 0) is 18.6 Å². The van der Waals surface area contributed by atoms with Crippen LogP contribution in [0.1, 0.15) is 20.8 Å². The van der Waals surface area contributed by atoms with E-state index in [1.54, 1.807) is 20.8 Å². The highest BCUT2D eigenvalue weighted by Crippen LogP contribution is 2.17. The van der Waals surface area contributed by atoms with Crippen LogP contribution >= 0.6 is 10.7 Å². The molecule has 0 amide bonds. The quantitative estimate of drug-likeness (QED) is 0.535. The summed E-state index contributed by atoms with van der Waals surface area (Å²) >= 11 is 0. The van der Waals surface area contributed by atoms with E-state index in [0.29, 0.717) is 0 Å². The van der Waals surface area contributed by atoms with Crippen LogP contribution in [-0.4, -0.2) is 26.2 Å². The van der Waals surface area contributed by atoms with Gasteiger partial charge in [0.25, 0.3) is 0 Å². The number of hydrogen-bond donors (Lipinski definition) is 0. The Balaban J connectivity index is 4.74. The van der Waals surface area contributed by atoms with Gasteiger partial charge in [-0.3, -0.25) is 4.79 Å². The summed E-state index contributed by atoms with van der Waals surface area (Å²) in [4.78, 5) is 11.1. The van der Waals surface area contributed by atoms with Gasteiger partial charge in [0.15, 0.2) is 5.25 Å². The van der Waals surface area contributed by atoms with Crippen molar-refractivity contribution >= 4 is 25.7 Å². The third-order valence-corrected chi connectivity index (χ3v) is 3.35. The van der Waals surface area contributed by atoms with Gasteiger partial charge in [0.1, 0.15) is 0 Å². The van der Waals surface area contributed by atoms with E-state index >= 15 is 0 Å². The van der Waals surface area contributed by atoms with Crippen LogP contribution in [0.4, 0.5) is 0 Å². The highest BCUT2D eigenvalue weighted by atomic mass is 35.7. The number of ether oxygens (including phenoxy) is 1. The summed E-state index contributed by atoms with van der Waals surface area (Å²) in [6, 6.07) is 0. The molecule has 0 aromatic rings. The number of rotatable bonds is 4. The lowest BCUT2D eigenvalue weighted by atomic mass is 10.1. The van der Waals surface area contributed by atoms with E-state index in [9.17, 15) is 13.2 Å². The maximum Gasteiger partial charge on any atom is 0.325 e. The van der Waals surface area contributed by atoms with Gasteiger partial charge in [0, 0.05) is 10.7 Å². The van der Waals surface area contributed by atoms with Gasteiger partial charge in [-0.05, 0) is 12.8 Å². The van der Waals surface area contributed by atoms with Gasteiger partial charge in [0.05, 0.1) is 6.61 Å². The first kappa shape index (κ1) is 12.7. The number of esters is 1. The van der Waals surface area contributed by atoms with Gasteiger partial charge in [-0.2, -0.15) is 0 Å². The fourth-order valence-electron chi connectivity index (χ4n) is 0.937. The molecular weight excluding hydrogens is 216 g/mol. The molecule has 0 heterocycles. The Bertz CT molecular complexity index is 270. The van der Waals surface area contributed by atoms with Crippen LogP contribution in [0.3, 0.4) is 0 Å². The van der Waals surface area contributed by atoms with Gasteiger partial charge in [-0.15, -0.1) is 0 Å². The maximum atomic E-state index is 11.1. The van der Waals surface area contributed by atoms with Crippen LogP contribution in [0.2, 0.25) is 0 Å². The van der Waals surface area contributed by atoms with Crippen LogP contribution < -0.4 is 0 Å². The van der Waals surface area contributed by atoms with Crippen LogP contribution in [0.15, 0.2) is 0 Å². The molecule has 0 radical (unpaired) electrons. The van der Waals surface area contributed by atoms with E-state index in [0.717, 1.165) is 0 Å². The highest BCUT2D eigenvalue weighted by molar-refractivity contribution is 8.14. The average Bonchev–Trinajstić information content (AvgIpc) is 1.82. The van der Waals surface area contributed by atoms with Gasteiger partial charge < -0.3 is 4.74 Å². The summed E-state index contributed by atoms with van der Waals surface area (Å²) in [5.74, 6) is -1.17. The topological polar surface area (TPSA) is 60.4 Å². The Morgan fingerprint density at radius 3 is 2.15 bits per heavy atom. The summed E-state index contributed by atoms with van der Waals surface area (Å²) in [7, 11) is 1.21. The Morgan fingerprint density at radius 1 is 1.46 bits per heavy atom. The molecule has 0 aliphatic rings. The monoisotopic (exact) mass is 228 g/mol. The molecule has 0 saturated carbocycles. The van der Waals surface area contributed by atoms with Crippen molar-refractivity contribution < 1.29 is 17.9 Å². The zero-order chi connectivity index (χ0) is 10.6. The van der Waals surface area contributed by atoms with E-state index in [2.05, 4.69) is 4.74 Å². The first-order valence-electron chi connectivity index (χ1n) is 3.90. The summed E-state index contributed by atoms with van der Waals surface area (Å²) in [5.41, 5.74) is 0. The molecule has 13 heavy (non-hydrogen) atoms. The molecule has 0 N–H and O–H groups in total. The largest absolute Gasteiger partial charge is 0.465 e. The Morgan fingerprint density at radius 2 is 1.92 bits per heavy atom. The van der Waals surface area contributed by atoms with Crippen LogP contribution in [0.5, 0.6) is 0 Å². The maximum absolute atomic E-state index is 11.1. The van der Waals surface area contributed by atoms with Gasteiger partial charge in [-0.25, -0.2) is 8.42 Å². The number of carbonyl (C=O) groups is 1. The highest BCUT2D eigenvalue weighted by Gasteiger charge is 2.35. The molecule has 0 aromatic heterocycles. The van der Waals surface area contributed by atoms with Crippen LogP contribution in [0, 0.1) is 5.92 Å². The summed E-state index contributed by atoms with van der Waals surface area (Å²) < 4.78 is 26.5. The van der Waals surface area contributed by atoms with Crippen molar-refractivity contribution in [1.29, 1.82) is 0 Å². The SMILES string of the molecule is CCOC(=O)C(C(C)C)S(=O)(=O)Cl. The molecule has 0 spiro atoms. The minimum atomic E-state index is -3.89. The van der Waals surface area contributed by atoms with Crippen molar-refractivity contribution in [3.63, 3.8) is 0 Å². The standard InChI is InChI=1S/C7H13ClO4S/c1-4-12-7(9)6(5(2)3)13(8,10)11/h5-6H,4H2,1-3H3. The summed E-state index contributed by atoms with van der Waals surface area (Å²) in [6.07, 6.45) is 0. The lowest BCUT2D eigenvalue weighted by Gasteiger charge is -2.15. The predicted molar refractivity (Wildman–Crippen MR) is 50.0 cm³/mol. The summed E-state index contributed by atoms with van der Waals surface area (Å²) in [6.45, 7) is 4.95. The average molecular weight is 229 g/mol. The Labute approximate surface area is 82.6 Å². The van der Waals surface area contributed by atoms with Gasteiger partial charge >= 0.3 is 5.97 Å². The molecule has 1 unspecified atom stereocenters. The van der Waals surface area contributed by atoms with Crippen molar-refractivity contribution in [2.45, 2.75) is 26.0 Å². The van der Waals surface area contributed by atoms with E-state index in [-0.39, 0.29) is 12.5 Å². The number of halogens is 1. The first-order chi connectivity index (χ1) is 5.80. The number of hydrogen-bond acceptors (Lipinski definition) is 4. The molecule has 0 bridgehead atoms. The molecular formula is C7H13ClO4S. The molecule has 0 rings (SSSR count). The van der Waals surface area contributed by atoms with Gasteiger partial charge in [0.2, 0.25) is 9.05 Å². The van der Waals surface area contributed by atoms with Crippen molar-refractivity contribution in [1.82, 2.24) is 0 Å². The van der Waals surface area contributed by atoms with Crippen LogP contribution in [0.25, 0.3) is 0 Å². The molecule has 4 nitrogen and oxygen atoms in total. The minimum Gasteiger partial charge on any atom is -0.465 e. The van der Waals surface area contributed by atoms with Gasteiger partial charge in [-0.1, -0.05) is 13.8 Å². The normalized spacial score (nSPS) is 14.2. The predicted octanol–water partition coefficient (Wildman–Crippen LogP) is 1.14. The molecule has 0 fully saturated rings. The molecule has 78 valence electrons. The third kappa shape index (κ3) is 3.95. The lowest BCUT2D eigenvalue weighted by Crippen LogP contribution is -2.33. The summed E-state index contributed by atoms with van der Waals surface area (Å²) in [5, 5.41) is -1.27. The third-order valence-electron chi connectivity index (χ3n) is 1.43. The molecule has 1 atom stereocenters. The van der Waals surface area contributed by atoms with Crippen molar-refractivity contribution in [3.8, 4) is 0 Å². The minimum absolute atomic E-state index is 0.147. The molecule has 0 aliphatic heterocycles. The van der Waals surface area contributed by atoms with E-state index < -0.39 is 20.3 Å². The zero-order valence-corrected chi connectivity index (χ0v) is 9.35. The van der Waals surface area contributed by atoms with Crippen molar-refractivity contribution in [3.05, 3.63) is 0 Å². The Kier molecular flexibility index (Phi) is 4.70. The Hall–Kier alpha value is -0.290. The molecule has 0 saturated heterocycles. The first-order valence-corrected chi connectivity index (χ1v) is 6.28. The lowest BCUT2D eigenvalue weighted by molar-refractivity contribution is -0.143. The van der Waals surface area contributed by atoms with E-state index in [1.807, 2.05) is 0 Å².